The zero-order chi connectivity index (χ0) is 15.6. The van der Waals surface area contributed by atoms with Gasteiger partial charge in [-0.25, -0.2) is 8.42 Å². The SMILES string of the molecule is O=C(NCC1CNC1)c1csc(S(=O)(=O)N2CCOCC2)c1. The zero-order valence-electron chi connectivity index (χ0n) is 12.1. The normalized spacial score (nSPS) is 20.5. The van der Waals surface area contributed by atoms with Crippen LogP contribution < -0.4 is 10.6 Å². The molecule has 1 amide bonds. The molecule has 0 aliphatic carbocycles. The minimum absolute atomic E-state index is 0.213. The lowest BCUT2D eigenvalue weighted by atomic mass is 10.0. The topological polar surface area (TPSA) is 87.7 Å². The van der Waals surface area contributed by atoms with Gasteiger partial charge in [0.15, 0.2) is 0 Å². The van der Waals surface area contributed by atoms with E-state index < -0.39 is 10.0 Å². The van der Waals surface area contributed by atoms with Crippen LogP contribution in [0.15, 0.2) is 15.7 Å². The maximum Gasteiger partial charge on any atom is 0.252 e. The van der Waals surface area contributed by atoms with Crippen LogP contribution in [-0.4, -0.2) is 64.6 Å². The summed E-state index contributed by atoms with van der Waals surface area (Å²) >= 11 is 1.09. The van der Waals surface area contributed by atoms with Crippen molar-refractivity contribution in [3.8, 4) is 0 Å². The Morgan fingerprint density at radius 2 is 2.14 bits per heavy atom. The third kappa shape index (κ3) is 3.33. The molecule has 2 N–H and O–H groups in total. The number of hydrogen-bond donors (Lipinski definition) is 2. The molecule has 0 aromatic carbocycles. The van der Waals surface area contributed by atoms with Gasteiger partial charge in [-0.15, -0.1) is 11.3 Å². The molecule has 0 atom stereocenters. The summed E-state index contributed by atoms with van der Waals surface area (Å²) in [7, 11) is -3.52. The zero-order valence-corrected chi connectivity index (χ0v) is 13.7. The highest BCUT2D eigenvalue weighted by molar-refractivity contribution is 7.91. The molecule has 9 heteroatoms. The van der Waals surface area contributed by atoms with Gasteiger partial charge in [-0.1, -0.05) is 0 Å². The number of carbonyl (C=O) groups excluding carboxylic acids is 1. The molecule has 0 saturated carbocycles. The molecule has 7 nitrogen and oxygen atoms in total. The highest BCUT2D eigenvalue weighted by atomic mass is 32.2. The van der Waals surface area contributed by atoms with Gasteiger partial charge in [0, 0.05) is 44.0 Å². The first kappa shape index (κ1) is 15.9. The van der Waals surface area contributed by atoms with Crippen LogP contribution in [0.4, 0.5) is 0 Å². The van der Waals surface area contributed by atoms with Gasteiger partial charge in [-0.2, -0.15) is 4.31 Å². The van der Waals surface area contributed by atoms with Crippen LogP contribution in [0.25, 0.3) is 0 Å². The van der Waals surface area contributed by atoms with Gasteiger partial charge in [-0.05, 0) is 6.07 Å². The first-order valence-corrected chi connectivity index (χ1v) is 9.54. The molecule has 22 heavy (non-hydrogen) atoms. The largest absolute Gasteiger partial charge is 0.379 e. The average molecular weight is 345 g/mol. The molecule has 3 rings (SSSR count). The number of morpholine rings is 1. The second-order valence-electron chi connectivity index (χ2n) is 5.41. The van der Waals surface area contributed by atoms with E-state index in [1.54, 1.807) is 5.38 Å². The van der Waals surface area contributed by atoms with Crippen LogP contribution in [0, 0.1) is 5.92 Å². The Morgan fingerprint density at radius 3 is 2.77 bits per heavy atom. The summed E-state index contributed by atoms with van der Waals surface area (Å²) in [5, 5.41) is 7.58. The number of rotatable bonds is 5. The average Bonchev–Trinajstić information content (AvgIpc) is 2.97. The van der Waals surface area contributed by atoms with E-state index in [2.05, 4.69) is 10.6 Å². The van der Waals surface area contributed by atoms with Crippen molar-refractivity contribution in [3.05, 3.63) is 17.0 Å². The van der Waals surface area contributed by atoms with Crippen molar-refractivity contribution in [1.29, 1.82) is 0 Å². The van der Waals surface area contributed by atoms with Crippen molar-refractivity contribution >= 4 is 27.3 Å². The van der Waals surface area contributed by atoms with Crippen LogP contribution in [0.2, 0.25) is 0 Å². The third-order valence-corrected chi connectivity index (χ3v) is 7.13. The Labute approximate surface area is 133 Å². The molecule has 0 bridgehead atoms. The lowest BCUT2D eigenvalue weighted by molar-refractivity contribution is 0.0731. The monoisotopic (exact) mass is 345 g/mol. The van der Waals surface area contributed by atoms with Crippen molar-refractivity contribution in [3.63, 3.8) is 0 Å². The van der Waals surface area contributed by atoms with E-state index in [9.17, 15) is 13.2 Å². The van der Waals surface area contributed by atoms with Crippen molar-refractivity contribution in [2.45, 2.75) is 4.21 Å². The Bertz CT molecular complexity index is 633. The predicted octanol–water partition coefficient (Wildman–Crippen LogP) is -0.282. The predicted molar refractivity (Wildman–Crippen MR) is 82.6 cm³/mol. The maximum atomic E-state index is 12.5. The first-order chi connectivity index (χ1) is 10.6. The fourth-order valence-electron chi connectivity index (χ4n) is 2.32. The summed E-state index contributed by atoms with van der Waals surface area (Å²) in [6.07, 6.45) is 0. The second kappa shape index (κ2) is 6.63. The smallest absolute Gasteiger partial charge is 0.252 e. The van der Waals surface area contributed by atoms with E-state index in [-0.39, 0.29) is 10.1 Å². The van der Waals surface area contributed by atoms with E-state index >= 15 is 0 Å². The van der Waals surface area contributed by atoms with Crippen LogP contribution in [0.5, 0.6) is 0 Å². The summed E-state index contributed by atoms with van der Waals surface area (Å²) in [5.74, 6) is 0.255. The number of ether oxygens (including phenoxy) is 1. The molecule has 0 radical (unpaired) electrons. The quantitative estimate of drug-likeness (QED) is 0.766. The van der Waals surface area contributed by atoms with Gasteiger partial charge in [0.2, 0.25) is 0 Å². The molecule has 0 spiro atoms. The van der Waals surface area contributed by atoms with Crippen LogP contribution in [0.1, 0.15) is 10.4 Å². The van der Waals surface area contributed by atoms with Gasteiger partial charge in [-0.3, -0.25) is 4.79 Å². The van der Waals surface area contributed by atoms with Gasteiger partial charge in [0.05, 0.1) is 18.8 Å². The minimum atomic E-state index is -3.52. The van der Waals surface area contributed by atoms with Crippen molar-refractivity contribution < 1.29 is 17.9 Å². The highest BCUT2D eigenvalue weighted by Crippen LogP contribution is 2.24. The number of thiophene rings is 1. The summed E-state index contributed by atoms with van der Waals surface area (Å²) in [5.41, 5.74) is 0.407. The molecule has 2 saturated heterocycles. The summed E-state index contributed by atoms with van der Waals surface area (Å²) in [6, 6.07) is 1.46. The lowest BCUT2D eigenvalue weighted by Gasteiger charge is -2.27. The minimum Gasteiger partial charge on any atom is -0.379 e. The van der Waals surface area contributed by atoms with E-state index in [0.29, 0.717) is 44.3 Å². The molecule has 1 aromatic rings. The maximum absolute atomic E-state index is 12.5. The number of carbonyl (C=O) groups is 1. The number of hydrogen-bond acceptors (Lipinski definition) is 6. The van der Waals surface area contributed by atoms with E-state index in [4.69, 9.17) is 4.74 Å². The third-order valence-electron chi connectivity index (χ3n) is 3.82. The fraction of sp³-hybridized carbons (Fsp3) is 0.615. The van der Waals surface area contributed by atoms with Crippen molar-refractivity contribution in [1.82, 2.24) is 14.9 Å². The number of amides is 1. The Hall–Kier alpha value is -1.00. The fourth-order valence-corrected chi connectivity index (χ4v) is 5.04. The second-order valence-corrected chi connectivity index (χ2v) is 8.48. The van der Waals surface area contributed by atoms with Gasteiger partial charge in [0.1, 0.15) is 4.21 Å². The Kier molecular flexibility index (Phi) is 4.79. The molecular weight excluding hydrogens is 326 g/mol. The van der Waals surface area contributed by atoms with Gasteiger partial charge < -0.3 is 15.4 Å². The van der Waals surface area contributed by atoms with Crippen LogP contribution >= 0.6 is 11.3 Å². The van der Waals surface area contributed by atoms with Crippen molar-refractivity contribution in [2.24, 2.45) is 5.92 Å². The Balaban J connectivity index is 1.65. The molecule has 2 fully saturated rings. The van der Waals surface area contributed by atoms with Gasteiger partial charge >= 0.3 is 0 Å². The number of nitrogens with zero attached hydrogens (tertiary/aromatic N) is 1. The Morgan fingerprint density at radius 1 is 1.41 bits per heavy atom. The highest BCUT2D eigenvalue weighted by Gasteiger charge is 2.28. The van der Waals surface area contributed by atoms with Crippen molar-refractivity contribution in [2.75, 3.05) is 45.9 Å². The molecule has 1 aromatic heterocycles. The molecule has 122 valence electrons. The molecule has 2 aliphatic rings. The summed E-state index contributed by atoms with van der Waals surface area (Å²) in [4.78, 5) is 12.1. The first-order valence-electron chi connectivity index (χ1n) is 7.23. The lowest BCUT2D eigenvalue weighted by Crippen LogP contribution is -2.48. The standard InChI is InChI=1S/C13H19N3O4S2/c17-13(15-8-10-6-14-7-10)11-5-12(21-9-11)22(18,19)16-1-3-20-4-2-16/h5,9-10,14H,1-4,6-8H2,(H,15,17). The molecular formula is C13H19N3O4S2. The van der Waals surface area contributed by atoms with E-state index in [1.165, 1.54) is 10.4 Å². The number of sulfonamides is 1. The van der Waals surface area contributed by atoms with Crippen LogP contribution in [-0.2, 0) is 14.8 Å². The molecule has 0 unspecified atom stereocenters. The molecule has 3 heterocycles. The molecule has 2 aliphatic heterocycles. The van der Waals surface area contributed by atoms with Crippen LogP contribution in [0.3, 0.4) is 0 Å². The van der Waals surface area contributed by atoms with Gasteiger partial charge in [0.25, 0.3) is 15.9 Å². The summed E-state index contributed by atoms with van der Waals surface area (Å²) < 4.78 is 31.8. The number of nitrogens with one attached hydrogen (secondary N) is 2. The van der Waals surface area contributed by atoms with E-state index in [0.717, 1.165) is 24.4 Å². The van der Waals surface area contributed by atoms with E-state index in [1.807, 2.05) is 0 Å². The summed E-state index contributed by atoms with van der Waals surface area (Å²) in [6.45, 7) is 3.99.